The summed E-state index contributed by atoms with van der Waals surface area (Å²) in [6.45, 7) is 4.70. The Morgan fingerprint density at radius 2 is 2.38 bits per heavy atom. The molecule has 1 rings (SSSR count). The maximum absolute atomic E-state index is 11.4. The summed E-state index contributed by atoms with van der Waals surface area (Å²) < 4.78 is 1.55. The van der Waals surface area contributed by atoms with Crippen LogP contribution in [0, 0.1) is 0 Å². The minimum atomic E-state index is -0.0507. The van der Waals surface area contributed by atoms with E-state index in [4.69, 9.17) is 5.73 Å². The number of aromatic nitrogens is 3. The van der Waals surface area contributed by atoms with Gasteiger partial charge in [-0.05, 0) is 33.2 Å². The van der Waals surface area contributed by atoms with Crippen molar-refractivity contribution in [3.05, 3.63) is 11.9 Å². The van der Waals surface area contributed by atoms with Crippen LogP contribution in [0.15, 0.2) is 6.20 Å². The molecule has 1 aromatic heterocycles. The molecule has 1 amide bonds. The second-order valence-corrected chi connectivity index (χ2v) is 4.02. The fraction of sp³-hybridized carbons (Fsp3) is 0.700. The Kier molecular flexibility index (Phi) is 4.91. The van der Waals surface area contributed by atoms with Crippen molar-refractivity contribution in [2.24, 2.45) is 5.73 Å². The minimum absolute atomic E-state index is 0.0507. The number of amides is 1. The highest BCUT2D eigenvalue weighted by molar-refractivity contribution is 5.75. The molecular formula is C10H19N5O. The van der Waals surface area contributed by atoms with E-state index in [0.717, 1.165) is 18.5 Å². The highest BCUT2D eigenvalue weighted by Gasteiger charge is 2.06. The Hall–Kier alpha value is -1.43. The molecule has 0 aliphatic heterocycles. The molecule has 0 fully saturated rings. The molecule has 0 saturated carbocycles. The van der Waals surface area contributed by atoms with Crippen LogP contribution in [0.1, 0.15) is 26.0 Å². The van der Waals surface area contributed by atoms with Crippen molar-refractivity contribution < 1.29 is 4.79 Å². The largest absolute Gasteiger partial charge is 0.352 e. The first kappa shape index (κ1) is 12.6. The number of carbonyl (C=O) groups is 1. The number of rotatable bonds is 6. The Bertz CT molecular complexity index is 334. The number of hydrogen-bond acceptors (Lipinski definition) is 4. The predicted octanol–water partition coefficient (Wildman–Crippen LogP) is -0.306. The molecule has 0 aliphatic carbocycles. The fourth-order valence-corrected chi connectivity index (χ4v) is 1.33. The monoisotopic (exact) mass is 225 g/mol. The minimum Gasteiger partial charge on any atom is -0.352 e. The van der Waals surface area contributed by atoms with Gasteiger partial charge in [-0.1, -0.05) is 5.21 Å². The van der Waals surface area contributed by atoms with Gasteiger partial charge in [0.25, 0.3) is 0 Å². The van der Waals surface area contributed by atoms with Crippen molar-refractivity contribution in [1.29, 1.82) is 0 Å². The van der Waals surface area contributed by atoms with Gasteiger partial charge < -0.3 is 11.1 Å². The van der Waals surface area contributed by atoms with Crippen molar-refractivity contribution in [2.45, 2.75) is 39.3 Å². The summed E-state index contributed by atoms with van der Waals surface area (Å²) in [5, 5.41) is 10.6. The summed E-state index contributed by atoms with van der Waals surface area (Å²) in [5.41, 5.74) is 6.28. The molecule has 6 nitrogen and oxygen atoms in total. The molecule has 0 saturated heterocycles. The topological polar surface area (TPSA) is 85.8 Å². The summed E-state index contributed by atoms with van der Waals surface area (Å²) in [4.78, 5) is 11.4. The van der Waals surface area contributed by atoms with Crippen LogP contribution in [0.5, 0.6) is 0 Å². The summed E-state index contributed by atoms with van der Waals surface area (Å²) in [7, 11) is 0. The summed E-state index contributed by atoms with van der Waals surface area (Å²) in [6.07, 6.45) is 3.48. The van der Waals surface area contributed by atoms with Gasteiger partial charge in [0, 0.05) is 12.2 Å². The van der Waals surface area contributed by atoms with Gasteiger partial charge in [0.2, 0.25) is 5.91 Å². The van der Waals surface area contributed by atoms with Crippen LogP contribution >= 0.6 is 0 Å². The van der Waals surface area contributed by atoms with E-state index in [2.05, 4.69) is 15.6 Å². The Morgan fingerprint density at radius 1 is 1.62 bits per heavy atom. The van der Waals surface area contributed by atoms with Crippen LogP contribution in [0.2, 0.25) is 0 Å². The van der Waals surface area contributed by atoms with Crippen LogP contribution in [0.4, 0.5) is 0 Å². The van der Waals surface area contributed by atoms with E-state index >= 15 is 0 Å². The average Bonchev–Trinajstić information content (AvgIpc) is 2.61. The Morgan fingerprint density at radius 3 is 3.00 bits per heavy atom. The highest BCUT2D eigenvalue weighted by Crippen LogP contribution is 1.97. The summed E-state index contributed by atoms with van der Waals surface area (Å²) >= 11 is 0. The lowest BCUT2D eigenvalue weighted by molar-refractivity contribution is -0.122. The number of nitrogens with one attached hydrogen (secondary N) is 1. The van der Waals surface area contributed by atoms with Gasteiger partial charge in [0.15, 0.2) is 0 Å². The van der Waals surface area contributed by atoms with Crippen molar-refractivity contribution in [2.75, 3.05) is 6.54 Å². The zero-order valence-electron chi connectivity index (χ0n) is 9.81. The van der Waals surface area contributed by atoms with E-state index in [1.54, 1.807) is 10.9 Å². The first-order chi connectivity index (χ1) is 7.61. The molecule has 16 heavy (non-hydrogen) atoms. The van der Waals surface area contributed by atoms with E-state index in [0.29, 0.717) is 6.54 Å². The number of nitrogens with zero attached hydrogens (tertiary/aromatic N) is 3. The second-order valence-electron chi connectivity index (χ2n) is 4.02. The second kappa shape index (κ2) is 6.22. The SMILES string of the molecule is CC(C)NC(=O)Cn1cc(CCCN)nn1. The molecule has 3 N–H and O–H groups in total. The standard InChI is InChI=1S/C10H19N5O/c1-8(2)12-10(16)7-15-6-9(13-14-15)4-3-5-11/h6,8H,3-5,7,11H2,1-2H3,(H,12,16). The van der Waals surface area contributed by atoms with E-state index in [9.17, 15) is 4.79 Å². The Balaban J connectivity index is 2.42. The zero-order valence-corrected chi connectivity index (χ0v) is 9.81. The third kappa shape index (κ3) is 4.39. The first-order valence-corrected chi connectivity index (χ1v) is 5.50. The fourth-order valence-electron chi connectivity index (χ4n) is 1.33. The van der Waals surface area contributed by atoms with Gasteiger partial charge >= 0.3 is 0 Å². The van der Waals surface area contributed by atoms with Crippen molar-refractivity contribution in [1.82, 2.24) is 20.3 Å². The molecule has 0 unspecified atom stereocenters. The van der Waals surface area contributed by atoms with E-state index in [1.165, 1.54) is 0 Å². The molecule has 1 aromatic rings. The quantitative estimate of drug-likeness (QED) is 0.695. The lowest BCUT2D eigenvalue weighted by atomic mass is 10.2. The lowest BCUT2D eigenvalue weighted by Gasteiger charge is -2.07. The van der Waals surface area contributed by atoms with Gasteiger partial charge in [0.05, 0.1) is 5.69 Å². The molecule has 90 valence electrons. The van der Waals surface area contributed by atoms with Gasteiger partial charge in [-0.3, -0.25) is 4.79 Å². The maximum Gasteiger partial charge on any atom is 0.241 e. The first-order valence-electron chi connectivity index (χ1n) is 5.50. The van der Waals surface area contributed by atoms with Crippen LogP contribution in [-0.4, -0.2) is 33.5 Å². The molecule has 0 atom stereocenters. The molecule has 0 spiro atoms. The molecular weight excluding hydrogens is 206 g/mol. The number of aryl methyl sites for hydroxylation is 1. The Labute approximate surface area is 95.2 Å². The van der Waals surface area contributed by atoms with E-state index < -0.39 is 0 Å². The van der Waals surface area contributed by atoms with Crippen LogP contribution in [0.25, 0.3) is 0 Å². The van der Waals surface area contributed by atoms with Gasteiger partial charge in [-0.25, -0.2) is 4.68 Å². The molecule has 0 aliphatic rings. The summed E-state index contributed by atoms with van der Waals surface area (Å²) in [6, 6.07) is 0.146. The molecule has 0 radical (unpaired) electrons. The normalized spacial score (nSPS) is 10.8. The van der Waals surface area contributed by atoms with Crippen molar-refractivity contribution >= 4 is 5.91 Å². The average molecular weight is 225 g/mol. The van der Waals surface area contributed by atoms with Crippen LogP contribution < -0.4 is 11.1 Å². The lowest BCUT2D eigenvalue weighted by Crippen LogP contribution is -2.33. The van der Waals surface area contributed by atoms with E-state index in [-0.39, 0.29) is 18.5 Å². The van der Waals surface area contributed by atoms with Crippen LogP contribution in [0.3, 0.4) is 0 Å². The number of carbonyl (C=O) groups excluding carboxylic acids is 1. The number of nitrogens with two attached hydrogens (primary N) is 1. The predicted molar refractivity (Wildman–Crippen MR) is 60.7 cm³/mol. The van der Waals surface area contributed by atoms with E-state index in [1.807, 2.05) is 13.8 Å². The zero-order chi connectivity index (χ0) is 12.0. The van der Waals surface area contributed by atoms with Gasteiger partial charge in [-0.2, -0.15) is 0 Å². The third-order valence-electron chi connectivity index (χ3n) is 1.98. The van der Waals surface area contributed by atoms with Gasteiger partial charge in [-0.15, -0.1) is 5.10 Å². The third-order valence-corrected chi connectivity index (χ3v) is 1.98. The smallest absolute Gasteiger partial charge is 0.241 e. The summed E-state index contributed by atoms with van der Waals surface area (Å²) in [5.74, 6) is -0.0507. The van der Waals surface area contributed by atoms with Crippen molar-refractivity contribution in [3.8, 4) is 0 Å². The highest BCUT2D eigenvalue weighted by atomic mass is 16.2. The molecule has 6 heteroatoms. The molecule has 0 bridgehead atoms. The molecule has 0 aromatic carbocycles. The van der Waals surface area contributed by atoms with Crippen molar-refractivity contribution in [3.63, 3.8) is 0 Å². The van der Waals surface area contributed by atoms with Crippen LogP contribution in [-0.2, 0) is 17.8 Å². The van der Waals surface area contributed by atoms with Gasteiger partial charge in [0.1, 0.15) is 6.54 Å². The molecule has 1 heterocycles. The number of hydrogen-bond donors (Lipinski definition) is 2. The maximum atomic E-state index is 11.4.